The molecule has 4 nitrogen and oxygen atoms in total. The van der Waals surface area contributed by atoms with Crippen LogP contribution in [0.25, 0.3) is 0 Å². The van der Waals surface area contributed by atoms with Gasteiger partial charge in [-0.15, -0.1) is 0 Å². The number of methoxy groups -OCH3 is 1. The summed E-state index contributed by atoms with van der Waals surface area (Å²) < 4.78 is 5.13. The van der Waals surface area contributed by atoms with E-state index in [1.54, 1.807) is 7.11 Å². The summed E-state index contributed by atoms with van der Waals surface area (Å²) in [6, 6.07) is 0.173. The molecule has 100 valence electrons. The predicted molar refractivity (Wildman–Crippen MR) is 68.7 cm³/mol. The van der Waals surface area contributed by atoms with E-state index in [0.29, 0.717) is 6.61 Å². The Labute approximate surface area is 104 Å². The number of hydrogen-bond acceptors (Lipinski definition) is 3. The number of nitrogens with two attached hydrogens (primary N) is 1. The van der Waals surface area contributed by atoms with Crippen LogP contribution in [0.3, 0.4) is 0 Å². The number of rotatable bonds is 5. The Kier molecular flexibility index (Phi) is 5.92. The van der Waals surface area contributed by atoms with Crippen LogP contribution in [-0.2, 0) is 9.53 Å². The molecular formula is C13H26N2O2. The monoisotopic (exact) mass is 242 g/mol. The summed E-state index contributed by atoms with van der Waals surface area (Å²) in [5.41, 5.74) is 6.07. The Hall–Kier alpha value is -0.610. The topological polar surface area (TPSA) is 55.6 Å². The van der Waals surface area contributed by atoms with Gasteiger partial charge in [-0.25, -0.2) is 0 Å². The minimum absolute atomic E-state index is 0.0167. The molecule has 0 aliphatic heterocycles. The molecule has 0 radical (unpaired) electrons. The van der Waals surface area contributed by atoms with Crippen LogP contribution in [0.5, 0.6) is 0 Å². The molecule has 0 aromatic rings. The number of amides is 1. The van der Waals surface area contributed by atoms with Crippen molar-refractivity contribution in [3.8, 4) is 0 Å². The fraction of sp³-hybridized carbons (Fsp3) is 0.923. The van der Waals surface area contributed by atoms with Gasteiger partial charge in [-0.2, -0.15) is 0 Å². The largest absolute Gasteiger partial charge is 0.383 e. The lowest BCUT2D eigenvalue weighted by atomic mass is 9.84. The standard InChI is InChI=1S/C13H26N2O2/c1-4-15(10(2)9-17-3)13(16)11-7-5-6-8-12(11)14/h10-12H,4-9,14H2,1-3H3. The Morgan fingerprint density at radius 2 is 2.12 bits per heavy atom. The van der Waals surface area contributed by atoms with E-state index >= 15 is 0 Å². The van der Waals surface area contributed by atoms with Crippen LogP contribution in [0.4, 0.5) is 0 Å². The van der Waals surface area contributed by atoms with Crippen LogP contribution in [0, 0.1) is 5.92 Å². The normalized spacial score (nSPS) is 26.6. The van der Waals surface area contributed by atoms with Crippen LogP contribution in [0.2, 0.25) is 0 Å². The van der Waals surface area contributed by atoms with Gasteiger partial charge in [-0.3, -0.25) is 4.79 Å². The minimum atomic E-state index is 0.0167. The van der Waals surface area contributed by atoms with Gasteiger partial charge < -0.3 is 15.4 Å². The molecular weight excluding hydrogens is 216 g/mol. The number of carbonyl (C=O) groups excluding carboxylic acids is 1. The van der Waals surface area contributed by atoms with E-state index in [-0.39, 0.29) is 23.9 Å². The van der Waals surface area contributed by atoms with Gasteiger partial charge in [0.15, 0.2) is 0 Å². The number of carbonyl (C=O) groups is 1. The maximum absolute atomic E-state index is 12.4. The molecule has 3 unspecified atom stereocenters. The van der Waals surface area contributed by atoms with E-state index in [1.165, 1.54) is 0 Å². The zero-order valence-electron chi connectivity index (χ0n) is 11.3. The number of nitrogens with zero attached hydrogens (tertiary/aromatic N) is 1. The van der Waals surface area contributed by atoms with Crippen molar-refractivity contribution in [1.82, 2.24) is 4.90 Å². The van der Waals surface area contributed by atoms with E-state index in [4.69, 9.17) is 10.5 Å². The van der Waals surface area contributed by atoms with Crippen molar-refractivity contribution in [2.24, 2.45) is 11.7 Å². The molecule has 1 saturated carbocycles. The third-order valence-corrected chi connectivity index (χ3v) is 3.70. The van der Waals surface area contributed by atoms with Gasteiger partial charge in [-0.1, -0.05) is 12.8 Å². The average molecular weight is 242 g/mol. The van der Waals surface area contributed by atoms with Crippen LogP contribution in [0.1, 0.15) is 39.5 Å². The first kappa shape index (κ1) is 14.5. The molecule has 1 amide bonds. The lowest BCUT2D eigenvalue weighted by molar-refractivity contribution is -0.140. The van der Waals surface area contributed by atoms with E-state index in [1.807, 2.05) is 18.7 Å². The summed E-state index contributed by atoms with van der Waals surface area (Å²) in [5.74, 6) is 0.229. The molecule has 0 heterocycles. The molecule has 1 aliphatic rings. The molecule has 0 saturated heterocycles. The summed E-state index contributed by atoms with van der Waals surface area (Å²) >= 11 is 0. The second-order valence-electron chi connectivity index (χ2n) is 4.98. The van der Waals surface area contributed by atoms with E-state index < -0.39 is 0 Å². The summed E-state index contributed by atoms with van der Waals surface area (Å²) in [4.78, 5) is 14.3. The quantitative estimate of drug-likeness (QED) is 0.792. The molecule has 0 spiro atoms. The van der Waals surface area contributed by atoms with Crippen molar-refractivity contribution in [3.63, 3.8) is 0 Å². The molecule has 3 atom stereocenters. The van der Waals surface area contributed by atoms with Gasteiger partial charge >= 0.3 is 0 Å². The van der Waals surface area contributed by atoms with Crippen LogP contribution >= 0.6 is 0 Å². The number of hydrogen-bond donors (Lipinski definition) is 1. The van der Waals surface area contributed by atoms with Crippen molar-refractivity contribution >= 4 is 5.91 Å². The highest BCUT2D eigenvalue weighted by atomic mass is 16.5. The van der Waals surface area contributed by atoms with E-state index in [2.05, 4.69) is 0 Å². The number of ether oxygens (including phenoxy) is 1. The highest BCUT2D eigenvalue weighted by Crippen LogP contribution is 2.25. The summed E-state index contributed by atoms with van der Waals surface area (Å²) in [5, 5.41) is 0. The first-order valence-corrected chi connectivity index (χ1v) is 6.66. The Bertz CT molecular complexity index is 246. The van der Waals surface area contributed by atoms with E-state index in [9.17, 15) is 4.79 Å². The molecule has 2 N–H and O–H groups in total. The molecule has 1 aliphatic carbocycles. The third-order valence-electron chi connectivity index (χ3n) is 3.70. The van der Waals surface area contributed by atoms with Gasteiger partial charge in [0.1, 0.15) is 0 Å². The first-order chi connectivity index (χ1) is 8.11. The minimum Gasteiger partial charge on any atom is -0.383 e. The first-order valence-electron chi connectivity index (χ1n) is 6.66. The fourth-order valence-electron chi connectivity index (χ4n) is 2.70. The molecule has 0 aromatic heterocycles. The lowest BCUT2D eigenvalue weighted by Crippen LogP contribution is -2.49. The highest BCUT2D eigenvalue weighted by Gasteiger charge is 2.32. The van der Waals surface area contributed by atoms with Crippen molar-refractivity contribution < 1.29 is 9.53 Å². The molecule has 0 bridgehead atoms. The number of likely N-dealkylation sites (N-methyl/N-ethyl adjacent to an activating group) is 1. The second kappa shape index (κ2) is 6.97. The SMILES string of the molecule is CCN(C(=O)C1CCCCC1N)C(C)COC. The van der Waals surface area contributed by atoms with Crippen molar-refractivity contribution in [1.29, 1.82) is 0 Å². The smallest absolute Gasteiger partial charge is 0.227 e. The highest BCUT2D eigenvalue weighted by molar-refractivity contribution is 5.80. The van der Waals surface area contributed by atoms with Crippen LogP contribution < -0.4 is 5.73 Å². The van der Waals surface area contributed by atoms with Crippen LogP contribution in [0.15, 0.2) is 0 Å². The van der Waals surface area contributed by atoms with Crippen molar-refractivity contribution in [2.75, 3.05) is 20.3 Å². The van der Waals surface area contributed by atoms with Gasteiger partial charge in [0.2, 0.25) is 5.91 Å². The van der Waals surface area contributed by atoms with Gasteiger partial charge in [0.25, 0.3) is 0 Å². The lowest BCUT2D eigenvalue weighted by Gasteiger charge is -2.35. The Balaban J connectivity index is 2.64. The third kappa shape index (κ3) is 3.68. The summed E-state index contributed by atoms with van der Waals surface area (Å²) in [6.45, 7) is 5.35. The van der Waals surface area contributed by atoms with Gasteiger partial charge in [0.05, 0.1) is 18.6 Å². The summed E-state index contributed by atoms with van der Waals surface area (Å²) in [7, 11) is 1.67. The fourth-order valence-corrected chi connectivity index (χ4v) is 2.70. The summed E-state index contributed by atoms with van der Waals surface area (Å²) in [6.07, 6.45) is 4.20. The molecule has 1 fully saturated rings. The zero-order valence-corrected chi connectivity index (χ0v) is 11.3. The second-order valence-corrected chi connectivity index (χ2v) is 4.98. The molecule has 0 aromatic carbocycles. The molecule has 4 heteroatoms. The van der Waals surface area contributed by atoms with Crippen molar-refractivity contribution in [2.45, 2.75) is 51.6 Å². The zero-order chi connectivity index (χ0) is 12.8. The maximum atomic E-state index is 12.4. The molecule has 17 heavy (non-hydrogen) atoms. The average Bonchev–Trinajstić information content (AvgIpc) is 2.30. The molecule has 1 rings (SSSR count). The Morgan fingerprint density at radius 1 is 1.47 bits per heavy atom. The van der Waals surface area contributed by atoms with E-state index in [0.717, 1.165) is 32.2 Å². The predicted octanol–water partition coefficient (Wildman–Crippen LogP) is 1.39. The van der Waals surface area contributed by atoms with Gasteiger partial charge in [-0.05, 0) is 26.7 Å². The van der Waals surface area contributed by atoms with Gasteiger partial charge in [0, 0.05) is 19.7 Å². The maximum Gasteiger partial charge on any atom is 0.227 e. The Morgan fingerprint density at radius 3 is 2.65 bits per heavy atom. The van der Waals surface area contributed by atoms with Crippen molar-refractivity contribution in [3.05, 3.63) is 0 Å². The van der Waals surface area contributed by atoms with Crippen LogP contribution in [-0.4, -0.2) is 43.2 Å².